The zero-order chi connectivity index (χ0) is 15.0. The van der Waals surface area contributed by atoms with E-state index in [0.29, 0.717) is 19.4 Å². The van der Waals surface area contributed by atoms with Gasteiger partial charge in [0.2, 0.25) is 5.91 Å². The molecule has 7 heteroatoms. The number of rotatable bonds is 8. The number of hydrogen-bond donors (Lipinski definition) is 1. The van der Waals surface area contributed by atoms with E-state index in [2.05, 4.69) is 5.32 Å². The highest BCUT2D eigenvalue weighted by Gasteiger charge is 2.28. The molecule has 0 aliphatic heterocycles. The van der Waals surface area contributed by atoms with Crippen molar-refractivity contribution in [3.05, 3.63) is 0 Å². The van der Waals surface area contributed by atoms with Gasteiger partial charge in [-0.3, -0.25) is 9.59 Å². The Kier molecular flexibility index (Phi) is 6.98. The SMILES string of the molecule is CCOC(=O)CCNC(=O)CCS(=O)(=O)C1CCCC1. The zero-order valence-corrected chi connectivity index (χ0v) is 12.7. The monoisotopic (exact) mass is 305 g/mol. The molecule has 20 heavy (non-hydrogen) atoms. The van der Waals surface area contributed by atoms with Crippen molar-refractivity contribution in [1.29, 1.82) is 0 Å². The lowest BCUT2D eigenvalue weighted by Crippen LogP contribution is -2.30. The van der Waals surface area contributed by atoms with Crippen LogP contribution in [0.5, 0.6) is 0 Å². The van der Waals surface area contributed by atoms with Gasteiger partial charge in [0.1, 0.15) is 0 Å². The highest BCUT2D eigenvalue weighted by atomic mass is 32.2. The average molecular weight is 305 g/mol. The van der Waals surface area contributed by atoms with Gasteiger partial charge in [-0.05, 0) is 19.8 Å². The quantitative estimate of drug-likeness (QED) is 0.670. The first-order chi connectivity index (χ1) is 9.45. The Labute approximate surface area is 120 Å². The van der Waals surface area contributed by atoms with Gasteiger partial charge in [0.25, 0.3) is 0 Å². The molecule has 0 bridgehead atoms. The maximum atomic E-state index is 12.0. The van der Waals surface area contributed by atoms with E-state index in [9.17, 15) is 18.0 Å². The number of carbonyl (C=O) groups excluding carboxylic acids is 2. The van der Waals surface area contributed by atoms with Gasteiger partial charge in [0, 0.05) is 13.0 Å². The van der Waals surface area contributed by atoms with Gasteiger partial charge >= 0.3 is 5.97 Å². The highest BCUT2D eigenvalue weighted by Crippen LogP contribution is 2.25. The Morgan fingerprint density at radius 3 is 2.45 bits per heavy atom. The van der Waals surface area contributed by atoms with Crippen LogP contribution in [0.4, 0.5) is 0 Å². The first kappa shape index (κ1) is 16.9. The summed E-state index contributed by atoms with van der Waals surface area (Å²) in [5, 5.41) is 2.26. The second kappa shape index (κ2) is 8.24. The minimum absolute atomic E-state index is 0.0400. The lowest BCUT2D eigenvalue weighted by atomic mass is 10.4. The molecule has 0 aromatic rings. The van der Waals surface area contributed by atoms with Crippen molar-refractivity contribution in [2.24, 2.45) is 0 Å². The van der Waals surface area contributed by atoms with Crippen molar-refractivity contribution in [2.75, 3.05) is 18.9 Å². The third kappa shape index (κ3) is 5.90. The van der Waals surface area contributed by atoms with Gasteiger partial charge < -0.3 is 10.1 Å². The Balaban J connectivity index is 2.21. The molecule has 0 radical (unpaired) electrons. The van der Waals surface area contributed by atoms with E-state index in [-0.39, 0.29) is 42.3 Å². The number of amides is 1. The van der Waals surface area contributed by atoms with Gasteiger partial charge in [0.15, 0.2) is 9.84 Å². The van der Waals surface area contributed by atoms with Crippen LogP contribution in [0.25, 0.3) is 0 Å². The molecule has 0 saturated heterocycles. The smallest absolute Gasteiger partial charge is 0.307 e. The first-order valence-electron chi connectivity index (χ1n) is 7.09. The summed E-state index contributed by atoms with van der Waals surface area (Å²) < 4.78 is 28.6. The molecular weight excluding hydrogens is 282 g/mol. The molecule has 0 unspecified atom stereocenters. The van der Waals surface area contributed by atoms with Crippen LogP contribution in [-0.2, 0) is 24.2 Å². The van der Waals surface area contributed by atoms with Crippen LogP contribution in [0.15, 0.2) is 0 Å². The van der Waals surface area contributed by atoms with E-state index in [0.717, 1.165) is 12.8 Å². The topological polar surface area (TPSA) is 89.5 Å². The van der Waals surface area contributed by atoms with E-state index in [4.69, 9.17) is 4.74 Å². The second-order valence-corrected chi connectivity index (χ2v) is 7.33. The molecule has 6 nitrogen and oxygen atoms in total. The van der Waals surface area contributed by atoms with Crippen molar-refractivity contribution in [3.63, 3.8) is 0 Å². The summed E-state index contributed by atoms with van der Waals surface area (Å²) in [5.74, 6) is -0.814. The van der Waals surface area contributed by atoms with Crippen molar-refractivity contribution < 1.29 is 22.7 Å². The van der Waals surface area contributed by atoms with E-state index in [1.807, 2.05) is 0 Å². The molecule has 0 aromatic carbocycles. The summed E-state index contributed by atoms with van der Waals surface area (Å²) in [4.78, 5) is 22.6. The number of esters is 1. The van der Waals surface area contributed by atoms with Gasteiger partial charge in [-0.15, -0.1) is 0 Å². The van der Waals surface area contributed by atoms with E-state index in [1.165, 1.54) is 0 Å². The maximum Gasteiger partial charge on any atom is 0.307 e. The third-order valence-electron chi connectivity index (χ3n) is 3.38. The fourth-order valence-corrected chi connectivity index (χ4v) is 4.13. The molecule has 0 heterocycles. The Hall–Kier alpha value is -1.11. The molecule has 0 spiro atoms. The summed E-state index contributed by atoms with van der Waals surface area (Å²) in [6.07, 6.45) is 3.40. The van der Waals surface area contributed by atoms with Crippen molar-refractivity contribution >= 4 is 21.7 Å². The Bertz CT molecular complexity index is 426. The van der Waals surface area contributed by atoms with Crippen LogP contribution in [0.1, 0.15) is 45.4 Å². The number of hydrogen-bond acceptors (Lipinski definition) is 5. The van der Waals surface area contributed by atoms with Crippen LogP contribution < -0.4 is 5.32 Å². The van der Waals surface area contributed by atoms with Gasteiger partial charge in [-0.25, -0.2) is 8.42 Å². The predicted octanol–water partition coefficient (Wildman–Crippen LogP) is 0.803. The summed E-state index contributed by atoms with van der Waals surface area (Å²) in [6.45, 7) is 2.21. The van der Waals surface area contributed by atoms with Crippen LogP contribution in [0.3, 0.4) is 0 Å². The van der Waals surface area contributed by atoms with Crippen LogP contribution >= 0.6 is 0 Å². The molecule has 1 amide bonds. The Morgan fingerprint density at radius 1 is 1.20 bits per heavy atom. The zero-order valence-electron chi connectivity index (χ0n) is 11.9. The highest BCUT2D eigenvalue weighted by molar-refractivity contribution is 7.92. The molecular formula is C13H23NO5S. The summed E-state index contributed by atoms with van der Waals surface area (Å²) in [7, 11) is -3.16. The van der Waals surface area contributed by atoms with E-state index < -0.39 is 9.84 Å². The van der Waals surface area contributed by atoms with E-state index in [1.54, 1.807) is 6.92 Å². The molecule has 1 N–H and O–H groups in total. The van der Waals surface area contributed by atoms with Gasteiger partial charge in [0.05, 0.1) is 24.0 Å². The molecule has 1 saturated carbocycles. The van der Waals surface area contributed by atoms with Gasteiger partial charge in [-0.2, -0.15) is 0 Å². The summed E-state index contributed by atoms with van der Waals surface area (Å²) >= 11 is 0. The molecule has 0 aromatic heterocycles. The number of ether oxygens (including phenoxy) is 1. The largest absolute Gasteiger partial charge is 0.466 e. The third-order valence-corrected chi connectivity index (χ3v) is 5.64. The molecule has 1 rings (SSSR count). The van der Waals surface area contributed by atoms with Crippen LogP contribution in [0, 0.1) is 0 Å². The van der Waals surface area contributed by atoms with Gasteiger partial charge in [-0.1, -0.05) is 12.8 Å². The maximum absolute atomic E-state index is 12.0. The molecule has 116 valence electrons. The predicted molar refractivity (Wildman–Crippen MR) is 74.9 cm³/mol. The standard InChI is InChI=1S/C13H23NO5S/c1-2-19-13(16)7-9-14-12(15)8-10-20(17,18)11-5-3-4-6-11/h11H,2-10H2,1H3,(H,14,15). The number of nitrogens with one attached hydrogen (secondary N) is 1. The average Bonchev–Trinajstić information content (AvgIpc) is 2.91. The van der Waals surface area contributed by atoms with Crippen molar-refractivity contribution in [1.82, 2.24) is 5.32 Å². The normalized spacial score (nSPS) is 16.1. The minimum atomic E-state index is -3.16. The summed E-state index contributed by atoms with van der Waals surface area (Å²) in [5.41, 5.74) is 0. The fourth-order valence-electron chi connectivity index (χ4n) is 2.27. The number of carbonyl (C=O) groups is 2. The molecule has 0 atom stereocenters. The Morgan fingerprint density at radius 2 is 1.85 bits per heavy atom. The first-order valence-corrected chi connectivity index (χ1v) is 8.81. The molecule has 1 fully saturated rings. The molecule has 1 aliphatic rings. The molecule has 1 aliphatic carbocycles. The number of sulfone groups is 1. The van der Waals surface area contributed by atoms with Crippen LogP contribution in [-0.4, -0.2) is 44.4 Å². The lowest BCUT2D eigenvalue weighted by Gasteiger charge is -2.10. The summed E-state index contributed by atoms with van der Waals surface area (Å²) in [6, 6.07) is 0. The van der Waals surface area contributed by atoms with Crippen molar-refractivity contribution in [3.8, 4) is 0 Å². The lowest BCUT2D eigenvalue weighted by molar-refractivity contribution is -0.143. The minimum Gasteiger partial charge on any atom is -0.466 e. The van der Waals surface area contributed by atoms with E-state index >= 15 is 0 Å². The van der Waals surface area contributed by atoms with Crippen molar-refractivity contribution in [2.45, 2.75) is 50.7 Å². The van der Waals surface area contributed by atoms with Crippen LogP contribution in [0.2, 0.25) is 0 Å². The fraction of sp³-hybridized carbons (Fsp3) is 0.846. The second-order valence-electron chi connectivity index (χ2n) is 4.93.